The number of thioether (sulfide) groups is 1. The molecule has 5 nitrogen and oxygen atoms in total. The van der Waals surface area contributed by atoms with Crippen LogP contribution >= 0.6 is 11.8 Å². The van der Waals surface area contributed by atoms with E-state index in [-0.39, 0.29) is 24.5 Å². The minimum absolute atomic E-state index is 0.180. The summed E-state index contributed by atoms with van der Waals surface area (Å²) in [5.74, 6) is 1.37. The molecule has 0 aromatic heterocycles. The molecule has 1 saturated heterocycles. The van der Waals surface area contributed by atoms with Crippen molar-refractivity contribution in [2.75, 3.05) is 24.6 Å². The average molecular weight is 274 g/mol. The third-order valence-corrected chi connectivity index (χ3v) is 3.90. The van der Waals surface area contributed by atoms with Crippen LogP contribution < -0.4 is 5.32 Å². The number of amides is 2. The number of nitrogens with one attached hydrogen (secondary N) is 1. The molecule has 104 valence electrons. The number of carboxylic acid groups (broad SMARTS) is 1. The lowest BCUT2D eigenvalue weighted by Gasteiger charge is -2.28. The van der Waals surface area contributed by atoms with Crippen molar-refractivity contribution in [2.45, 2.75) is 32.7 Å². The van der Waals surface area contributed by atoms with Crippen molar-refractivity contribution < 1.29 is 14.7 Å². The molecule has 0 saturated carbocycles. The number of aliphatic carboxylic acids is 1. The van der Waals surface area contributed by atoms with Crippen LogP contribution in [0.25, 0.3) is 0 Å². The van der Waals surface area contributed by atoms with E-state index < -0.39 is 5.97 Å². The minimum atomic E-state index is -0.969. The first kappa shape index (κ1) is 15.1. The zero-order valence-electron chi connectivity index (χ0n) is 11.0. The standard InChI is InChI=1S/C12H22N2O3S/c1-9(2)6-14(7-11(15)16)12(17)13-10-4-3-5-18-8-10/h9-10H,3-8H2,1-2H3,(H,13,17)(H,15,16). The number of urea groups is 1. The van der Waals surface area contributed by atoms with Crippen molar-refractivity contribution in [3.05, 3.63) is 0 Å². The van der Waals surface area contributed by atoms with Crippen LogP contribution in [0.1, 0.15) is 26.7 Å². The Labute approximate surface area is 112 Å². The molecule has 0 aromatic carbocycles. The number of carboxylic acids is 1. The minimum Gasteiger partial charge on any atom is -0.480 e. The Balaban J connectivity index is 2.48. The Hall–Kier alpha value is -0.910. The fraction of sp³-hybridized carbons (Fsp3) is 0.833. The van der Waals surface area contributed by atoms with Gasteiger partial charge < -0.3 is 15.3 Å². The SMILES string of the molecule is CC(C)CN(CC(=O)O)C(=O)NC1CCCSC1. The van der Waals surface area contributed by atoms with E-state index in [0.717, 1.165) is 24.3 Å². The van der Waals surface area contributed by atoms with Crippen LogP contribution in [0.4, 0.5) is 4.79 Å². The first-order valence-corrected chi connectivity index (χ1v) is 7.49. The Morgan fingerprint density at radius 1 is 1.50 bits per heavy atom. The number of nitrogens with zero attached hydrogens (tertiary/aromatic N) is 1. The quantitative estimate of drug-likeness (QED) is 0.799. The predicted octanol–water partition coefficient (Wildman–Crippen LogP) is 1.63. The Morgan fingerprint density at radius 2 is 2.22 bits per heavy atom. The van der Waals surface area contributed by atoms with E-state index in [2.05, 4.69) is 5.32 Å². The van der Waals surface area contributed by atoms with E-state index in [1.165, 1.54) is 4.90 Å². The molecule has 18 heavy (non-hydrogen) atoms. The normalized spacial score (nSPS) is 19.6. The molecule has 1 aliphatic heterocycles. The van der Waals surface area contributed by atoms with Crippen LogP contribution in [0.15, 0.2) is 0 Å². The summed E-state index contributed by atoms with van der Waals surface area (Å²) in [7, 11) is 0. The molecular weight excluding hydrogens is 252 g/mol. The summed E-state index contributed by atoms with van der Waals surface area (Å²) in [6.45, 7) is 4.18. The van der Waals surface area contributed by atoms with E-state index in [1.807, 2.05) is 25.6 Å². The largest absolute Gasteiger partial charge is 0.480 e. The third kappa shape index (κ3) is 5.62. The van der Waals surface area contributed by atoms with Gasteiger partial charge in [0.2, 0.25) is 0 Å². The molecule has 0 aromatic rings. The molecule has 0 bridgehead atoms. The number of rotatable bonds is 5. The van der Waals surface area contributed by atoms with Crippen molar-refractivity contribution in [1.29, 1.82) is 0 Å². The molecule has 1 fully saturated rings. The van der Waals surface area contributed by atoms with Crippen LogP contribution in [-0.2, 0) is 4.79 Å². The van der Waals surface area contributed by atoms with Gasteiger partial charge in [-0.3, -0.25) is 4.79 Å². The maximum absolute atomic E-state index is 12.0. The molecule has 1 atom stereocenters. The first-order valence-electron chi connectivity index (χ1n) is 6.34. The highest BCUT2D eigenvalue weighted by Crippen LogP contribution is 2.17. The van der Waals surface area contributed by atoms with Crippen LogP contribution in [0.5, 0.6) is 0 Å². The number of hydrogen-bond donors (Lipinski definition) is 2. The van der Waals surface area contributed by atoms with Crippen molar-refractivity contribution in [1.82, 2.24) is 10.2 Å². The van der Waals surface area contributed by atoms with E-state index in [4.69, 9.17) is 5.11 Å². The van der Waals surface area contributed by atoms with Gasteiger partial charge in [0.25, 0.3) is 0 Å². The zero-order chi connectivity index (χ0) is 13.5. The summed E-state index contributed by atoms with van der Waals surface area (Å²) in [4.78, 5) is 24.2. The molecular formula is C12H22N2O3S. The van der Waals surface area contributed by atoms with E-state index in [9.17, 15) is 9.59 Å². The molecule has 1 aliphatic rings. The second kappa shape index (κ2) is 7.51. The van der Waals surface area contributed by atoms with Gasteiger partial charge in [-0.2, -0.15) is 11.8 Å². The second-order valence-electron chi connectivity index (χ2n) is 5.03. The highest BCUT2D eigenvalue weighted by Gasteiger charge is 2.22. The highest BCUT2D eigenvalue weighted by molar-refractivity contribution is 7.99. The van der Waals surface area contributed by atoms with Gasteiger partial charge in [0, 0.05) is 18.3 Å². The number of carbonyl (C=O) groups excluding carboxylic acids is 1. The Bertz CT molecular complexity index is 291. The lowest BCUT2D eigenvalue weighted by atomic mass is 10.2. The van der Waals surface area contributed by atoms with E-state index in [0.29, 0.717) is 6.54 Å². The molecule has 6 heteroatoms. The molecule has 1 unspecified atom stereocenters. The molecule has 2 amide bonds. The monoisotopic (exact) mass is 274 g/mol. The maximum Gasteiger partial charge on any atom is 0.323 e. The van der Waals surface area contributed by atoms with E-state index >= 15 is 0 Å². The zero-order valence-corrected chi connectivity index (χ0v) is 11.8. The molecule has 0 radical (unpaired) electrons. The van der Waals surface area contributed by atoms with Gasteiger partial charge in [0.15, 0.2) is 0 Å². The Kier molecular flexibility index (Phi) is 6.32. The van der Waals surface area contributed by atoms with Crippen LogP contribution in [0, 0.1) is 5.92 Å². The molecule has 2 N–H and O–H groups in total. The lowest BCUT2D eigenvalue weighted by Crippen LogP contribution is -2.49. The van der Waals surface area contributed by atoms with Gasteiger partial charge >= 0.3 is 12.0 Å². The van der Waals surface area contributed by atoms with Gasteiger partial charge in [-0.1, -0.05) is 13.8 Å². The molecule has 1 heterocycles. The third-order valence-electron chi connectivity index (χ3n) is 2.69. The van der Waals surface area contributed by atoms with Crippen molar-refractivity contribution >= 4 is 23.8 Å². The number of carbonyl (C=O) groups is 2. The van der Waals surface area contributed by atoms with Crippen molar-refractivity contribution in [2.24, 2.45) is 5.92 Å². The van der Waals surface area contributed by atoms with Crippen LogP contribution in [0.3, 0.4) is 0 Å². The molecule has 1 rings (SSSR count). The molecule has 0 aliphatic carbocycles. The summed E-state index contributed by atoms with van der Waals surface area (Å²) >= 11 is 1.83. The number of hydrogen-bond acceptors (Lipinski definition) is 3. The maximum atomic E-state index is 12.0. The summed E-state index contributed by atoms with van der Waals surface area (Å²) in [5, 5.41) is 11.8. The van der Waals surface area contributed by atoms with Gasteiger partial charge in [-0.15, -0.1) is 0 Å². The van der Waals surface area contributed by atoms with Crippen LogP contribution in [0.2, 0.25) is 0 Å². The first-order chi connectivity index (χ1) is 8.49. The summed E-state index contributed by atoms with van der Waals surface area (Å²) < 4.78 is 0. The van der Waals surface area contributed by atoms with Gasteiger partial charge in [-0.05, 0) is 24.5 Å². The topological polar surface area (TPSA) is 69.6 Å². The average Bonchev–Trinajstić information content (AvgIpc) is 2.28. The lowest BCUT2D eigenvalue weighted by molar-refractivity contribution is -0.137. The van der Waals surface area contributed by atoms with Gasteiger partial charge in [0.05, 0.1) is 0 Å². The fourth-order valence-corrected chi connectivity index (χ4v) is 3.02. The fourth-order valence-electron chi connectivity index (χ4n) is 1.94. The van der Waals surface area contributed by atoms with Crippen molar-refractivity contribution in [3.63, 3.8) is 0 Å². The summed E-state index contributed by atoms with van der Waals surface area (Å²) in [5.41, 5.74) is 0. The van der Waals surface area contributed by atoms with Crippen molar-refractivity contribution in [3.8, 4) is 0 Å². The van der Waals surface area contributed by atoms with Gasteiger partial charge in [-0.25, -0.2) is 4.79 Å². The smallest absolute Gasteiger partial charge is 0.323 e. The highest BCUT2D eigenvalue weighted by atomic mass is 32.2. The van der Waals surface area contributed by atoms with Gasteiger partial charge in [0.1, 0.15) is 6.54 Å². The van der Waals surface area contributed by atoms with Crippen LogP contribution in [-0.4, -0.2) is 52.6 Å². The summed E-state index contributed by atoms with van der Waals surface area (Å²) in [6.07, 6.45) is 2.10. The molecule has 0 spiro atoms. The summed E-state index contributed by atoms with van der Waals surface area (Å²) in [6, 6.07) is -0.0710. The predicted molar refractivity (Wildman–Crippen MR) is 72.9 cm³/mol. The Morgan fingerprint density at radius 3 is 2.72 bits per heavy atom. The second-order valence-corrected chi connectivity index (χ2v) is 6.18. The van der Waals surface area contributed by atoms with E-state index in [1.54, 1.807) is 0 Å².